The average molecular weight is 266 g/mol. The van der Waals surface area contributed by atoms with Crippen LogP contribution in [0.1, 0.15) is 44.8 Å². The Bertz CT molecular complexity index is 407. The van der Waals surface area contributed by atoms with Gasteiger partial charge in [-0.1, -0.05) is 32.0 Å². The molecule has 2 nitrogen and oxygen atoms in total. The summed E-state index contributed by atoms with van der Waals surface area (Å²) >= 11 is 0. The minimum atomic E-state index is -0.879. The van der Waals surface area contributed by atoms with Gasteiger partial charge in [-0.05, 0) is 37.2 Å². The van der Waals surface area contributed by atoms with Crippen LogP contribution in [0.3, 0.4) is 0 Å². The molecule has 4 unspecified atom stereocenters. The zero-order valence-electron chi connectivity index (χ0n) is 11.7. The topological polar surface area (TPSA) is 29.5 Å². The standard InChI is InChI=1S/C16H23FO2/c1-11-7-8-13(9-12(11)2)19-10-16(18)14-5-3-4-6-15(14)17/h3-6,11-13,16,18H,7-10H2,1-2H3. The Morgan fingerprint density at radius 3 is 2.68 bits per heavy atom. The molecule has 0 spiro atoms. The molecule has 0 radical (unpaired) electrons. The maximum atomic E-state index is 13.5. The Balaban J connectivity index is 1.84. The van der Waals surface area contributed by atoms with Gasteiger partial charge in [-0.3, -0.25) is 0 Å². The Morgan fingerprint density at radius 2 is 2.00 bits per heavy atom. The second kappa shape index (κ2) is 6.49. The highest BCUT2D eigenvalue weighted by molar-refractivity contribution is 5.19. The first-order valence-electron chi connectivity index (χ1n) is 7.12. The van der Waals surface area contributed by atoms with Crippen LogP contribution < -0.4 is 0 Å². The summed E-state index contributed by atoms with van der Waals surface area (Å²) in [7, 11) is 0. The molecule has 0 heterocycles. The monoisotopic (exact) mass is 266 g/mol. The highest BCUT2D eigenvalue weighted by Gasteiger charge is 2.25. The van der Waals surface area contributed by atoms with E-state index in [1.807, 2.05) is 0 Å². The van der Waals surface area contributed by atoms with E-state index in [1.165, 1.54) is 12.5 Å². The van der Waals surface area contributed by atoms with E-state index < -0.39 is 6.10 Å². The van der Waals surface area contributed by atoms with Crippen LogP contribution in [-0.2, 0) is 4.74 Å². The van der Waals surface area contributed by atoms with Crippen molar-refractivity contribution in [2.24, 2.45) is 11.8 Å². The molecule has 1 saturated carbocycles. The number of aliphatic hydroxyl groups excluding tert-OH is 1. The molecule has 3 heteroatoms. The summed E-state index contributed by atoms with van der Waals surface area (Å²) in [5.41, 5.74) is 0.319. The maximum Gasteiger partial charge on any atom is 0.129 e. The van der Waals surface area contributed by atoms with Gasteiger partial charge in [-0.15, -0.1) is 0 Å². The van der Waals surface area contributed by atoms with Gasteiger partial charge < -0.3 is 9.84 Å². The van der Waals surface area contributed by atoms with Gasteiger partial charge in [0.1, 0.15) is 11.9 Å². The normalized spacial score (nSPS) is 29.2. The summed E-state index contributed by atoms with van der Waals surface area (Å²) in [5.74, 6) is 1.03. The van der Waals surface area contributed by atoms with Crippen LogP contribution in [0, 0.1) is 17.7 Å². The molecule has 0 aliphatic heterocycles. The molecule has 1 N–H and O–H groups in total. The molecule has 1 aliphatic carbocycles. The van der Waals surface area contributed by atoms with Crippen molar-refractivity contribution in [1.29, 1.82) is 0 Å². The Morgan fingerprint density at radius 1 is 1.26 bits per heavy atom. The third-order valence-electron chi connectivity index (χ3n) is 4.30. The molecule has 2 rings (SSSR count). The van der Waals surface area contributed by atoms with E-state index in [4.69, 9.17) is 4.74 Å². The number of benzene rings is 1. The SMILES string of the molecule is CC1CCC(OCC(O)c2ccccc2F)CC1C. The van der Waals surface area contributed by atoms with E-state index in [-0.39, 0.29) is 18.5 Å². The van der Waals surface area contributed by atoms with Gasteiger partial charge >= 0.3 is 0 Å². The Labute approximate surface area is 114 Å². The van der Waals surface area contributed by atoms with Crippen molar-refractivity contribution in [3.05, 3.63) is 35.6 Å². The summed E-state index contributed by atoms with van der Waals surface area (Å²) in [6.45, 7) is 4.69. The fourth-order valence-electron chi connectivity index (χ4n) is 2.71. The molecule has 1 aliphatic rings. The number of hydrogen-bond donors (Lipinski definition) is 1. The number of hydrogen-bond acceptors (Lipinski definition) is 2. The third kappa shape index (κ3) is 3.77. The number of rotatable bonds is 4. The minimum Gasteiger partial charge on any atom is -0.386 e. The first kappa shape index (κ1) is 14.5. The van der Waals surface area contributed by atoms with E-state index in [0.29, 0.717) is 11.5 Å². The molecule has 1 aromatic carbocycles. The summed E-state index contributed by atoms with van der Waals surface area (Å²) in [4.78, 5) is 0. The van der Waals surface area contributed by atoms with Gasteiger partial charge in [0.2, 0.25) is 0 Å². The molecule has 0 bridgehead atoms. The third-order valence-corrected chi connectivity index (χ3v) is 4.30. The zero-order chi connectivity index (χ0) is 13.8. The van der Waals surface area contributed by atoms with Crippen LogP contribution >= 0.6 is 0 Å². The fourth-order valence-corrected chi connectivity index (χ4v) is 2.71. The van der Waals surface area contributed by atoms with Crippen molar-refractivity contribution in [3.63, 3.8) is 0 Å². The maximum absolute atomic E-state index is 13.5. The van der Waals surface area contributed by atoms with Crippen LogP contribution in [0.4, 0.5) is 4.39 Å². The summed E-state index contributed by atoms with van der Waals surface area (Å²) in [6.07, 6.45) is 2.56. The fraction of sp³-hybridized carbons (Fsp3) is 0.625. The molecule has 0 amide bonds. The smallest absolute Gasteiger partial charge is 0.129 e. The van der Waals surface area contributed by atoms with Crippen LogP contribution in [0.2, 0.25) is 0 Å². The number of ether oxygens (including phenoxy) is 1. The molecule has 0 saturated heterocycles. The van der Waals surface area contributed by atoms with E-state index in [0.717, 1.165) is 18.8 Å². The second-order valence-corrected chi connectivity index (χ2v) is 5.76. The van der Waals surface area contributed by atoms with Crippen molar-refractivity contribution in [2.45, 2.75) is 45.3 Å². The molecular weight excluding hydrogens is 243 g/mol. The van der Waals surface area contributed by atoms with Crippen LogP contribution in [0.5, 0.6) is 0 Å². The summed E-state index contributed by atoms with van der Waals surface area (Å²) in [5, 5.41) is 9.98. The van der Waals surface area contributed by atoms with E-state index in [9.17, 15) is 9.50 Å². The van der Waals surface area contributed by atoms with E-state index in [2.05, 4.69) is 13.8 Å². The first-order valence-corrected chi connectivity index (χ1v) is 7.12. The van der Waals surface area contributed by atoms with Gasteiger partial charge in [0, 0.05) is 5.56 Å². The second-order valence-electron chi connectivity index (χ2n) is 5.76. The molecular formula is C16H23FO2. The van der Waals surface area contributed by atoms with Crippen molar-refractivity contribution >= 4 is 0 Å². The van der Waals surface area contributed by atoms with Gasteiger partial charge in [0.05, 0.1) is 12.7 Å². The minimum absolute atomic E-state index is 0.173. The molecule has 1 aromatic rings. The summed E-state index contributed by atoms with van der Waals surface area (Å²) < 4.78 is 19.3. The lowest BCUT2D eigenvalue weighted by Gasteiger charge is -2.32. The average Bonchev–Trinajstić information content (AvgIpc) is 2.40. The van der Waals surface area contributed by atoms with Crippen molar-refractivity contribution in [1.82, 2.24) is 0 Å². The van der Waals surface area contributed by atoms with Crippen LogP contribution in [0.15, 0.2) is 24.3 Å². The van der Waals surface area contributed by atoms with Gasteiger partial charge in [-0.25, -0.2) is 4.39 Å². The first-order chi connectivity index (χ1) is 9.08. The molecule has 106 valence electrons. The Kier molecular flexibility index (Phi) is 4.94. The lowest BCUT2D eigenvalue weighted by Crippen LogP contribution is -2.28. The van der Waals surface area contributed by atoms with E-state index >= 15 is 0 Å². The van der Waals surface area contributed by atoms with Crippen molar-refractivity contribution < 1.29 is 14.2 Å². The molecule has 4 atom stereocenters. The Hall–Kier alpha value is -0.930. The van der Waals surface area contributed by atoms with Crippen LogP contribution in [0.25, 0.3) is 0 Å². The van der Waals surface area contributed by atoms with Crippen LogP contribution in [-0.4, -0.2) is 17.8 Å². The molecule has 1 fully saturated rings. The quantitative estimate of drug-likeness (QED) is 0.900. The zero-order valence-corrected chi connectivity index (χ0v) is 11.7. The van der Waals surface area contributed by atoms with Crippen molar-refractivity contribution in [3.8, 4) is 0 Å². The predicted molar refractivity (Wildman–Crippen MR) is 73.3 cm³/mol. The summed E-state index contributed by atoms with van der Waals surface area (Å²) in [6, 6.07) is 6.32. The number of aliphatic hydroxyl groups is 1. The molecule has 19 heavy (non-hydrogen) atoms. The lowest BCUT2D eigenvalue weighted by atomic mass is 9.80. The number of halogens is 1. The van der Waals surface area contributed by atoms with E-state index in [1.54, 1.807) is 18.2 Å². The predicted octanol–water partition coefficient (Wildman–Crippen LogP) is 3.70. The lowest BCUT2D eigenvalue weighted by molar-refractivity contribution is -0.0405. The largest absolute Gasteiger partial charge is 0.386 e. The van der Waals surface area contributed by atoms with Gasteiger partial charge in [0.15, 0.2) is 0 Å². The van der Waals surface area contributed by atoms with Gasteiger partial charge in [-0.2, -0.15) is 0 Å². The highest BCUT2D eigenvalue weighted by atomic mass is 19.1. The van der Waals surface area contributed by atoms with Crippen molar-refractivity contribution in [2.75, 3.05) is 6.61 Å². The highest BCUT2D eigenvalue weighted by Crippen LogP contribution is 2.31. The molecule has 0 aromatic heterocycles. The van der Waals surface area contributed by atoms with Gasteiger partial charge in [0.25, 0.3) is 0 Å².